The summed E-state index contributed by atoms with van der Waals surface area (Å²) >= 11 is 0. The monoisotopic (exact) mass is 236 g/mol. The van der Waals surface area contributed by atoms with Gasteiger partial charge in [0.1, 0.15) is 0 Å². The highest BCUT2D eigenvalue weighted by Crippen LogP contribution is 2.48. The molecule has 1 saturated carbocycles. The van der Waals surface area contributed by atoms with Gasteiger partial charge in [0.25, 0.3) is 0 Å². The Morgan fingerprint density at radius 2 is 2.12 bits per heavy atom. The van der Waals surface area contributed by atoms with Crippen LogP contribution < -0.4 is 0 Å². The smallest absolute Gasteiger partial charge is 0.0981 e. The zero-order valence-corrected chi connectivity index (χ0v) is 11.0. The standard InChI is InChI=1S/C15H24O2/c1-12(10-16)6-5-7-13(2)14-8-3-4-9-15(14)11-17-15/h6-7,14,16H,3-5,8-11H2,1-2H3/b12-6+,13-7+/t14?,15-/m0/s1. The van der Waals surface area contributed by atoms with Crippen LogP contribution >= 0.6 is 0 Å². The molecule has 1 aliphatic carbocycles. The predicted octanol–water partition coefficient (Wildman–Crippen LogP) is 3.22. The molecule has 2 heteroatoms. The Morgan fingerprint density at radius 1 is 1.35 bits per heavy atom. The number of ether oxygens (including phenoxy) is 1. The molecule has 0 amide bonds. The second-order valence-electron chi connectivity index (χ2n) is 5.54. The fourth-order valence-corrected chi connectivity index (χ4v) is 2.94. The van der Waals surface area contributed by atoms with Gasteiger partial charge in [-0.1, -0.05) is 36.1 Å². The van der Waals surface area contributed by atoms with E-state index in [-0.39, 0.29) is 12.2 Å². The van der Waals surface area contributed by atoms with Crippen molar-refractivity contribution in [3.05, 3.63) is 23.3 Å². The van der Waals surface area contributed by atoms with Gasteiger partial charge in [0.2, 0.25) is 0 Å². The number of rotatable bonds is 4. The van der Waals surface area contributed by atoms with Crippen LogP contribution in [0.4, 0.5) is 0 Å². The van der Waals surface area contributed by atoms with Crippen LogP contribution in [0.1, 0.15) is 46.0 Å². The van der Waals surface area contributed by atoms with Gasteiger partial charge >= 0.3 is 0 Å². The molecule has 2 atom stereocenters. The van der Waals surface area contributed by atoms with Gasteiger partial charge in [-0.15, -0.1) is 0 Å². The van der Waals surface area contributed by atoms with Gasteiger partial charge in [-0.3, -0.25) is 0 Å². The average Bonchev–Trinajstić information content (AvgIpc) is 3.09. The zero-order chi connectivity index (χ0) is 12.3. The molecule has 1 heterocycles. The summed E-state index contributed by atoms with van der Waals surface area (Å²) in [5, 5.41) is 8.93. The Bertz CT molecular complexity index is 324. The largest absolute Gasteiger partial charge is 0.392 e. The summed E-state index contributed by atoms with van der Waals surface area (Å²) in [5.41, 5.74) is 2.74. The van der Waals surface area contributed by atoms with Crippen molar-refractivity contribution < 1.29 is 9.84 Å². The van der Waals surface area contributed by atoms with Gasteiger partial charge in [0.05, 0.1) is 18.8 Å². The van der Waals surface area contributed by atoms with Gasteiger partial charge in [0.15, 0.2) is 0 Å². The molecule has 2 nitrogen and oxygen atoms in total. The Balaban J connectivity index is 1.94. The minimum Gasteiger partial charge on any atom is -0.392 e. The number of epoxide rings is 1. The van der Waals surface area contributed by atoms with E-state index in [2.05, 4.69) is 19.1 Å². The van der Waals surface area contributed by atoms with Crippen LogP contribution in [0.2, 0.25) is 0 Å². The third-order valence-electron chi connectivity index (χ3n) is 4.20. The van der Waals surface area contributed by atoms with E-state index in [9.17, 15) is 0 Å². The van der Waals surface area contributed by atoms with Crippen molar-refractivity contribution in [2.75, 3.05) is 13.2 Å². The van der Waals surface area contributed by atoms with Crippen molar-refractivity contribution in [3.63, 3.8) is 0 Å². The topological polar surface area (TPSA) is 32.8 Å². The van der Waals surface area contributed by atoms with Gasteiger partial charge < -0.3 is 9.84 Å². The van der Waals surface area contributed by atoms with Crippen LogP contribution in [0.3, 0.4) is 0 Å². The van der Waals surface area contributed by atoms with Crippen LogP contribution in [0.25, 0.3) is 0 Å². The van der Waals surface area contributed by atoms with E-state index in [1.807, 2.05) is 6.92 Å². The fraction of sp³-hybridized carbons (Fsp3) is 0.733. The lowest BCUT2D eigenvalue weighted by atomic mass is 9.75. The Morgan fingerprint density at radius 3 is 2.76 bits per heavy atom. The van der Waals surface area contributed by atoms with Gasteiger partial charge in [0, 0.05) is 5.92 Å². The van der Waals surface area contributed by atoms with Crippen LogP contribution in [-0.2, 0) is 4.74 Å². The second kappa shape index (κ2) is 5.36. The molecular weight excluding hydrogens is 212 g/mol. The molecule has 2 aliphatic rings. The number of hydrogen-bond acceptors (Lipinski definition) is 2. The summed E-state index contributed by atoms with van der Waals surface area (Å²) in [6.45, 7) is 5.34. The highest BCUT2D eigenvalue weighted by Gasteiger charge is 2.52. The fourth-order valence-electron chi connectivity index (χ4n) is 2.94. The SMILES string of the molecule is C/C(=C\C/C=C(\C)C1CCCC[C@]12CO2)CO. The molecule has 1 aliphatic heterocycles. The number of aliphatic hydroxyl groups is 1. The van der Waals surface area contributed by atoms with E-state index in [0.29, 0.717) is 5.92 Å². The van der Waals surface area contributed by atoms with Crippen LogP contribution in [0, 0.1) is 5.92 Å². The van der Waals surface area contributed by atoms with Crippen molar-refractivity contribution >= 4 is 0 Å². The molecule has 96 valence electrons. The van der Waals surface area contributed by atoms with E-state index < -0.39 is 0 Å². The molecular formula is C15H24O2. The van der Waals surface area contributed by atoms with Crippen molar-refractivity contribution in [3.8, 4) is 0 Å². The summed E-state index contributed by atoms with van der Waals surface area (Å²) in [6, 6.07) is 0. The Kier molecular flexibility index (Phi) is 4.05. The molecule has 1 unspecified atom stereocenters. The Hall–Kier alpha value is -0.600. The van der Waals surface area contributed by atoms with Crippen LogP contribution in [0.5, 0.6) is 0 Å². The first-order valence-corrected chi connectivity index (χ1v) is 6.75. The summed E-state index contributed by atoms with van der Waals surface area (Å²) in [6.07, 6.45) is 10.5. The van der Waals surface area contributed by atoms with Crippen LogP contribution in [0.15, 0.2) is 23.3 Å². The van der Waals surface area contributed by atoms with Gasteiger partial charge in [-0.2, -0.15) is 0 Å². The summed E-state index contributed by atoms with van der Waals surface area (Å²) in [7, 11) is 0. The molecule has 2 rings (SSSR count). The molecule has 0 bridgehead atoms. The molecule has 0 aromatic rings. The van der Waals surface area contributed by atoms with Crippen molar-refractivity contribution in [2.24, 2.45) is 5.92 Å². The molecule has 2 fully saturated rings. The normalized spacial score (nSPS) is 34.2. The molecule has 0 radical (unpaired) electrons. The minimum absolute atomic E-state index is 0.170. The van der Waals surface area contributed by atoms with E-state index in [1.54, 1.807) is 0 Å². The van der Waals surface area contributed by atoms with Crippen LogP contribution in [-0.4, -0.2) is 23.9 Å². The zero-order valence-electron chi connectivity index (χ0n) is 11.0. The van der Waals surface area contributed by atoms with E-state index in [4.69, 9.17) is 9.84 Å². The number of aliphatic hydroxyl groups excluding tert-OH is 1. The lowest BCUT2D eigenvalue weighted by Crippen LogP contribution is -2.29. The van der Waals surface area contributed by atoms with E-state index >= 15 is 0 Å². The van der Waals surface area contributed by atoms with Gasteiger partial charge in [-0.05, 0) is 33.1 Å². The average molecular weight is 236 g/mol. The molecule has 1 spiro atoms. The number of hydrogen-bond donors (Lipinski definition) is 1. The van der Waals surface area contributed by atoms with Crippen molar-refractivity contribution in [1.82, 2.24) is 0 Å². The first kappa shape index (κ1) is 12.8. The molecule has 17 heavy (non-hydrogen) atoms. The third kappa shape index (κ3) is 2.99. The molecule has 1 saturated heterocycles. The van der Waals surface area contributed by atoms with E-state index in [1.165, 1.54) is 31.3 Å². The quantitative estimate of drug-likeness (QED) is 0.600. The molecule has 0 aromatic carbocycles. The van der Waals surface area contributed by atoms with Crippen molar-refractivity contribution in [1.29, 1.82) is 0 Å². The molecule has 0 aromatic heterocycles. The summed E-state index contributed by atoms with van der Waals surface area (Å²) in [5.74, 6) is 0.638. The summed E-state index contributed by atoms with van der Waals surface area (Å²) in [4.78, 5) is 0. The van der Waals surface area contributed by atoms with Gasteiger partial charge in [-0.25, -0.2) is 0 Å². The maximum Gasteiger partial charge on any atom is 0.0981 e. The van der Waals surface area contributed by atoms with E-state index in [0.717, 1.165) is 18.6 Å². The Labute approximate surface area is 104 Å². The summed E-state index contributed by atoms with van der Waals surface area (Å²) < 4.78 is 5.72. The molecule has 1 N–H and O–H groups in total. The third-order valence-corrected chi connectivity index (χ3v) is 4.20. The maximum absolute atomic E-state index is 8.93. The maximum atomic E-state index is 8.93. The lowest BCUT2D eigenvalue weighted by molar-refractivity contribution is 0.182. The minimum atomic E-state index is 0.170. The van der Waals surface area contributed by atoms with Crippen molar-refractivity contribution in [2.45, 2.75) is 51.6 Å². The highest BCUT2D eigenvalue weighted by atomic mass is 16.6. The lowest BCUT2D eigenvalue weighted by Gasteiger charge is -2.29. The predicted molar refractivity (Wildman–Crippen MR) is 69.9 cm³/mol. The number of allylic oxidation sites excluding steroid dienone is 2. The highest BCUT2D eigenvalue weighted by molar-refractivity contribution is 5.17. The first-order chi connectivity index (χ1) is 8.18. The second-order valence-corrected chi connectivity index (χ2v) is 5.54. The first-order valence-electron chi connectivity index (χ1n) is 6.75.